The summed E-state index contributed by atoms with van der Waals surface area (Å²) in [5, 5.41) is 0. The second kappa shape index (κ2) is 6.14. The molecule has 2 atom stereocenters. The molecule has 1 heteroatoms. The molecular weight excluding hydrogens is 136 g/mol. The molecule has 0 aromatic carbocycles. The molecule has 2 unspecified atom stereocenters. The fourth-order valence-electron chi connectivity index (χ4n) is 0.717. The summed E-state index contributed by atoms with van der Waals surface area (Å²) < 4.78 is 0. The van der Waals surface area contributed by atoms with Crippen LogP contribution >= 0.6 is 0 Å². The molecule has 0 fully saturated rings. The smallest absolute Gasteiger partial charge is 0.123 e. The number of carbonyl (C=O) groups excluding carboxylic acids is 1. The van der Waals surface area contributed by atoms with Crippen molar-refractivity contribution in [3.05, 3.63) is 12.2 Å². The van der Waals surface area contributed by atoms with Gasteiger partial charge in [-0.15, -0.1) is 0 Å². The number of hydrogen-bond donors (Lipinski definition) is 0. The van der Waals surface area contributed by atoms with E-state index in [0.29, 0.717) is 5.92 Å². The SMILES string of the molecule is CCC(C)C=CCC(C)C=O. The van der Waals surface area contributed by atoms with Crippen LogP contribution in [0.25, 0.3) is 0 Å². The van der Waals surface area contributed by atoms with Crippen molar-refractivity contribution in [2.24, 2.45) is 11.8 Å². The van der Waals surface area contributed by atoms with Gasteiger partial charge in [0.1, 0.15) is 6.29 Å². The highest BCUT2D eigenvalue weighted by atomic mass is 16.1. The average molecular weight is 154 g/mol. The highest BCUT2D eigenvalue weighted by Crippen LogP contribution is 2.05. The molecule has 0 aliphatic rings. The molecule has 0 aromatic heterocycles. The van der Waals surface area contributed by atoms with E-state index in [-0.39, 0.29) is 5.92 Å². The first-order chi connectivity index (χ1) is 5.20. The van der Waals surface area contributed by atoms with Gasteiger partial charge in [-0.1, -0.05) is 39.3 Å². The van der Waals surface area contributed by atoms with Crippen molar-refractivity contribution in [1.82, 2.24) is 0 Å². The maximum absolute atomic E-state index is 10.2. The number of allylic oxidation sites excluding steroid dienone is 2. The van der Waals surface area contributed by atoms with Crippen molar-refractivity contribution in [3.63, 3.8) is 0 Å². The lowest BCUT2D eigenvalue weighted by Crippen LogP contribution is -1.93. The summed E-state index contributed by atoms with van der Waals surface area (Å²) in [6.45, 7) is 6.29. The maximum atomic E-state index is 10.2. The fraction of sp³-hybridized carbons (Fsp3) is 0.700. The summed E-state index contributed by atoms with van der Waals surface area (Å²) in [6.07, 6.45) is 7.34. The van der Waals surface area contributed by atoms with Crippen molar-refractivity contribution in [2.75, 3.05) is 0 Å². The molecule has 0 amide bonds. The second-order valence-electron chi connectivity index (χ2n) is 3.16. The van der Waals surface area contributed by atoms with Gasteiger partial charge in [0.15, 0.2) is 0 Å². The minimum Gasteiger partial charge on any atom is -0.303 e. The zero-order valence-corrected chi connectivity index (χ0v) is 7.71. The second-order valence-corrected chi connectivity index (χ2v) is 3.16. The van der Waals surface area contributed by atoms with Gasteiger partial charge >= 0.3 is 0 Å². The van der Waals surface area contributed by atoms with Crippen molar-refractivity contribution in [3.8, 4) is 0 Å². The quantitative estimate of drug-likeness (QED) is 0.439. The molecule has 0 rings (SSSR count). The standard InChI is InChI=1S/C10H18O/c1-4-9(2)6-5-7-10(3)8-11/h5-6,8-10H,4,7H2,1-3H3. The van der Waals surface area contributed by atoms with Crippen LogP contribution in [0.2, 0.25) is 0 Å². The third-order valence-electron chi connectivity index (χ3n) is 1.85. The van der Waals surface area contributed by atoms with Crippen molar-refractivity contribution < 1.29 is 4.79 Å². The van der Waals surface area contributed by atoms with Gasteiger partial charge in [0.25, 0.3) is 0 Å². The minimum absolute atomic E-state index is 0.176. The number of carbonyl (C=O) groups is 1. The molecule has 0 saturated carbocycles. The minimum atomic E-state index is 0.176. The molecule has 0 saturated heterocycles. The van der Waals surface area contributed by atoms with Gasteiger partial charge in [0.05, 0.1) is 0 Å². The molecular formula is C10H18O. The highest BCUT2D eigenvalue weighted by molar-refractivity contribution is 5.52. The summed E-state index contributed by atoms with van der Waals surface area (Å²) in [4.78, 5) is 10.2. The van der Waals surface area contributed by atoms with Crippen molar-refractivity contribution >= 4 is 6.29 Å². The summed E-state index contributed by atoms with van der Waals surface area (Å²) >= 11 is 0. The largest absolute Gasteiger partial charge is 0.303 e. The first-order valence-corrected chi connectivity index (χ1v) is 4.32. The van der Waals surface area contributed by atoms with Crippen LogP contribution in [0.4, 0.5) is 0 Å². The Hall–Kier alpha value is -0.590. The maximum Gasteiger partial charge on any atom is 0.123 e. The lowest BCUT2D eigenvalue weighted by atomic mass is 10.1. The molecule has 0 radical (unpaired) electrons. The van der Waals surface area contributed by atoms with Gasteiger partial charge in [-0.3, -0.25) is 0 Å². The van der Waals surface area contributed by atoms with Crippen LogP contribution in [0.1, 0.15) is 33.6 Å². The van der Waals surface area contributed by atoms with E-state index in [0.717, 1.165) is 12.7 Å². The molecule has 0 spiro atoms. The van der Waals surface area contributed by atoms with Gasteiger partial charge in [-0.25, -0.2) is 0 Å². The Balaban J connectivity index is 3.50. The molecule has 1 nitrogen and oxygen atoms in total. The fourth-order valence-corrected chi connectivity index (χ4v) is 0.717. The molecule has 0 aromatic rings. The summed E-state index contributed by atoms with van der Waals surface area (Å²) in [5.41, 5.74) is 0. The Bertz CT molecular complexity index is 127. The Morgan fingerprint density at radius 3 is 2.36 bits per heavy atom. The first kappa shape index (κ1) is 10.4. The average Bonchev–Trinajstić information content (AvgIpc) is 2.04. The Kier molecular flexibility index (Phi) is 5.81. The lowest BCUT2D eigenvalue weighted by Gasteiger charge is -2.00. The van der Waals surface area contributed by atoms with E-state index in [2.05, 4.69) is 26.0 Å². The van der Waals surface area contributed by atoms with Gasteiger partial charge < -0.3 is 4.79 Å². The van der Waals surface area contributed by atoms with Crippen LogP contribution in [-0.2, 0) is 4.79 Å². The Morgan fingerprint density at radius 2 is 1.91 bits per heavy atom. The van der Waals surface area contributed by atoms with Crippen LogP contribution in [-0.4, -0.2) is 6.29 Å². The van der Waals surface area contributed by atoms with Crippen LogP contribution in [0, 0.1) is 11.8 Å². The van der Waals surface area contributed by atoms with E-state index in [9.17, 15) is 4.79 Å². The molecule has 0 aliphatic carbocycles. The van der Waals surface area contributed by atoms with Crippen LogP contribution in [0.15, 0.2) is 12.2 Å². The molecule has 0 bridgehead atoms. The van der Waals surface area contributed by atoms with Crippen molar-refractivity contribution in [2.45, 2.75) is 33.6 Å². The topological polar surface area (TPSA) is 17.1 Å². The molecule has 11 heavy (non-hydrogen) atoms. The van der Waals surface area contributed by atoms with Crippen LogP contribution in [0.3, 0.4) is 0 Å². The molecule has 64 valence electrons. The summed E-state index contributed by atoms with van der Waals surface area (Å²) in [5.74, 6) is 0.823. The van der Waals surface area contributed by atoms with Crippen LogP contribution < -0.4 is 0 Å². The van der Waals surface area contributed by atoms with E-state index in [4.69, 9.17) is 0 Å². The molecule has 0 aliphatic heterocycles. The van der Waals surface area contributed by atoms with Crippen LogP contribution in [0.5, 0.6) is 0 Å². The number of hydrogen-bond acceptors (Lipinski definition) is 1. The normalized spacial score (nSPS) is 16.6. The third-order valence-corrected chi connectivity index (χ3v) is 1.85. The predicted octanol–water partition coefficient (Wildman–Crippen LogP) is 2.81. The third kappa shape index (κ3) is 5.84. The lowest BCUT2D eigenvalue weighted by molar-refractivity contribution is -0.110. The van der Waals surface area contributed by atoms with E-state index < -0.39 is 0 Å². The summed E-state index contributed by atoms with van der Waals surface area (Å²) in [6, 6.07) is 0. The van der Waals surface area contributed by atoms with Gasteiger partial charge in [0, 0.05) is 5.92 Å². The van der Waals surface area contributed by atoms with E-state index >= 15 is 0 Å². The van der Waals surface area contributed by atoms with Gasteiger partial charge in [-0.05, 0) is 12.3 Å². The molecule has 0 N–H and O–H groups in total. The predicted molar refractivity (Wildman–Crippen MR) is 48.4 cm³/mol. The Morgan fingerprint density at radius 1 is 1.27 bits per heavy atom. The van der Waals surface area contributed by atoms with E-state index in [1.807, 2.05) is 6.92 Å². The van der Waals surface area contributed by atoms with E-state index in [1.54, 1.807) is 0 Å². The number of rotatable bonds is 5. The highest BCUT2D eigenvalue weighted by Gasteiger charge is 1.95. The van der Waals surface area contributed by atoms with Gasteiger partial charge in [-0.2, -0.15) is 0 Å². The zero-order chi connectivity index (χ0) is 8.69. The van der Waals surface area contributed by atoms with Gasteiger partial charge in [0.2, 0.25) is 0 Å². The summed E-state index contributed by atoms with van der Waals surface area (Å²) in [7, 11) is 0. The first-order valence-electron chi connectivity index (χ1n) is 4.32. The monoisotopic (exact) mass is 154 g/mol. The number of aldehydes is 1. The van der Waals surface area contributed by atoms with Crippen molar-refractivity contribution in [1.29, 1.82) is 0 Å². The Labute approximate surface area is 69.5 Å². The zero-order valence-electron chi connectivity index (χ0n) is 7.71. The molecule has 0 heterocycles. The van der Waals surface area contributed by atoms with E-state index in [1.165, 1.54) is 6.42 Å².